The summed E-state index contributed by atoms with van der Waals surface area (Å²) in [7, 11) is 0. The molecule has 1 amide bonds. The van der Waals surface area contributed by atoms with Gasteiger partial charge in [-0.1, -0.05) is 20.8 Å². The van der Waals surface area contributed by atoms with Crippen molar-refractivity contribution in [3.8, 4) is 0 Å². The first-order valence-corrected chi connectivity index (χ1v) is 4.94. The summed E-state index contributed by atoms with van der Waals surface area (Å²) in [6.07, 6.45) is 3.08. The maximum Gasteiger partial charge on any atom is 0.234 e. The standard InChI is InChI=1S/C10H20N2O/c1-10(2,3)6-7-4-5-8(12-7)9(11)13/h7-8,12H,4-6H2,1-3H3,(H2,11,13). The summed E-state index contributed by atoms with van der Waals surface area (Å²) in [5.74, 6) is -0.212. The van der Waals surface area contributed by atoms with Gasteiger partial charge in [-0.05, 0) is 24.7 Å². The first kappa shape index (κ1) is 10.5. The summed E-state index contributed by atoms with van der Waals surface area (Å²) < 4.78 is 0. The van der Waals surface area contributed by atoms with E-state index in [0.717, 1.165) is 19.3 Å². The van der Waals surface area contributed by atoms with Crippen LogP contribution in [-0.4, -0.2) is 18.0 Å². The van der Waals surface area contributed by atoms with E-state index in [1.807, 2.05) is 0 Å². The summed E-state index contributed by atoms with van der Waals surface area (Å²) in [5.41, 5.74) is 5.55. The molecule has 1 aliphatic heterocycles. The molecule has 3 N–H and O–H groups in total. The van der Waals surface area contributed by atoms with Gasteiger partial charge in [-0.3, -0.25) is 4.79 Å². The number of hydrogen-bond acceptors (Lipinski definition) is 2. The van der Waals surface area contributed by atoms with Crippen LogP contribution in [0.2, 0.25) is 0 Å². The number of carbonyl (C=O) groups excluding carboxylic acids is 1. The van der Waals surface area contributed by atoms with Crippen LogP contribution in [-0.2, 0) is 4.79 Å². The number of carbonyl (C=O) groups is 1. The predicted octanol–water partition coefficient (Wildman–Crippen LogP) is 1.03. The van der Waals surface area contributed by atoms with Crippen LogP contribution >= 0.6 is 0 Å². The van der Waals surface area contributed by atoms with E-state index in [-0.39, 0.29) is 11.9 Å². The largest absolute Gasteiger partial charge is 0.368 e. The lowest BCUT2D eigenvalue weighted by Crippen LogP contribution is -2.40. The van der Waals surface area contributed by atoms with E-state index >= 15 is 0 Å². The molecule has 0 saturated carbocycles. The van der Waals surface area contributed by atoms with Crippen LogP contribution in [0.5, 0.6) is 0 Å². The third kappa shape index (κ3) is 3.35. The van der Waals surface area contributed by atoms with E-state index in [9.17, 15) is 4.79 Å². The van der Waals surface area contributed by atoms with Crippen LogP contribution in [0.25, 0.3) is 0 Å². The number of nitrogens with two attached hydrogens (primary N) is 1. The summed E-state index contributed by atoms with van der Waals surface area (Å²) in [6.45, 7) is 6.64. The van der Waals surface area contributed by atoms with Gasteiger partial charge in [-0.25, -0.2) is 0 Å². The number of amides is 1. The Labute approximate surface area is 80.1 Å². The Kier molecular flexibility index (Phi) is 2.96. The highest BCUT2D eigenvalue weighted by molar-refractivity contribution is 5.80. The van der Waals surface area contributed by atoms with Crippen molar-refractivity contribution in [2.24, 2.45) is 11.1 Å². The molecule has 1 aliphatic rings. The molecule has 0 aromatic rings. The van der Waals surface area contributed by atoms with E-state index in [0.29, 0.717) is 11.5 Å². The van der Waals surface area contributed by atoms with Crippen molar-refractivity contribution >= 4 is 5.91 Å². The predicted molar refractivity (Wildman–Crippen MR) is 53.2 cm³/mol. The number of hydrogen-bond donors (Lipinski definition) is 2. The minimum Gasteiger partial charge on any atom is -0.368 e. The molecule has 3 nitrogen and oxygen atoms in total. The van der Waals surface area contributed by atoms with E-state index in [1.54, 1.807) is 0 Å². The molecular weight excluding hydrogens is 164 g/mol. The molecule has 3 heteroatoms. The topological polar surface area (TPSA) is 55.1 Å². The zero-order valence-electron chi connectivity index (χ0n) is 8.76. The lowest BCUT2D eigenvalue weighted by molar-refractivity contribution is -0.119. The molecule has 2 atom stereocenters. The van der Waals surface area contributed by atoms with E-state index in [2.05, 4.69) is 26.1 Å². The van der Waals surface area contributed by atoms with Gasteiger partial charge in [-0.15, -0.1) is 0 Å². The zero-order valence-corrected chi connectivity index (χ0v) is 8.76. The number of nitrogens with one attached hydrogen (secondary N) is 1. The van der Waals surface area contributed by atoms with Crippen molar-refractivity contribution in [1.29, 1.82) is 0 Å². The third-order valence-electron chi connectivity index (χ3n) is 2.44. The highest BCUT2D eigenvalue weighted by atomic mass is 16.1. The summed E-state index contributed by atoms with van der Waals surface area (Å²) in [6, 6.07) is 0.379. The molecule has 0 aromatic heterocycles. The highest BCUT2D eigenvalue weighted by Crippen LogP contribution is 2.26. The molecule has 0 aliphatic carbocycles. The Balaban J connectivity index is 2.38. The lowest BCUT2D eigenvalue weighted by Gasteiger charge is -2.23. The van der Waals surface area contributed by atoms with E-state index < -0.39 is 0 Å². The molecule has 76 valence electrons. The summed E-state index contributed by atoms with van der Waals surface area (Å²) in [4.78, 5) is 10.9. The molecule has 1 heterocycles. The van der Waals surface area contributed by atoms with Gasteiger partial charge in [0.05, 0.1) is 6.04 Å². The van der Waals surface area contributed by atoms with Gasteiger partial charge in [0.15, 0.2) is 0 Å². The van der Waals surface area contributed by atoms with Gasteiger partial charge < -0.3 is 11.1 Å². The van der Waals surface area contributed by atoms with Gasteiger partial charge in [0, 0.05) is 6.04 Å². The molecule has 13 heavy (non-hydrogen) atoms. The first-order chi connectivity index (χ1) is 5.88. The summed E-state index contributed by atoms with van der Waals surface area (Å²) in [5, 5.41) is 3.27. The van der Waals surface area contributed by atoms with Crippen molar-refractivity contribution < 1.29 is 4.79 Å². The van der Waals surface area contributed by atoms with Gasteiger partial charge in [0.1, 0.15) is 0 Å². The van der Waals surface area contributed by atoms with E-state index in [4.69, 9.17) is 5.73 Å². The second kappa shape index (κ2) is 3.66. The third-order valence-corrected chi connectivity index (χ3v) is 2.44. The van der Waals surface area contributed by atoms with Crippen LogP contribution < -0.4 is 11.1 Å². The number of rotatable bonds is 2. The average Bonchev–Trinajstić information content (AvgIpc) is 2.31. The second-order valence-electron chi connectivity index (χ2n) is 5.16. The highest BCUT2D eigenvalue weighted by Gasteiger charge is 2.29. The van der Waals surface area contributed by atoms with Crippen molar-refractivity contribution in [1.82, 2.24) is 5.32 Å². The lowest BCUT2D eigenvalue weighted by atomic mass is 9.88. The van der Waals surface area contributed by atoms with Gasteiger partial charge in [0.25, 0.3) is 0 Å². The average molecular weight is 184 g/mol. The molecule has 0 bridgehead atoms. The van der Waals surface area contributed by atoms with Crippen molar-refractivity contribution in [2.45, 2.75) is 52.1 Å². The Morgan fingerprint density at radius 3 is 2.46 bits per heavy atom. The molecule has 0 radical (unpaired) electrons. The van der Waals surface area contributed by atoms with Gasteiger partial charge in [-0.2, -0.15) is 0 Å². The van der Waals surface area contributed by atoms with Crippen LogP contribution in [0.15, 0.2) is 0 Å². The fourth-order valence-electron chi connectivity index (χ4n) is 1.94. The van der Waals surface area contributed by atoms with Crippen LogP contribution in [0.1, 0.15) is 40.0 Å². The zero-order chi connectivity index (χ0) is 10.1. The quantitative estimate of drug-likeness (QED) is 0.673. The number of primary amides is 1. The fraction of sp³-hybridized carbons (Fsp3) is 0.900. The molecule has 2 unspecified atom stereocenters. The first-order valence-electron chi connectivity index (χ1n) is 4.94. The van der Waals surface area contributed by atoms with E-state index in [1.165, 1.54) is 0 Å². The van der Waals surface area contributed by atoms with Crippen LogP contribution in [0.4, 0.5) is 0 Å². The van der Waals surface area contributed by atoms with Crippen molar-refractivity contribution in [3.05, 3.63) is 0 Å². The van der Waals surface area contributed by atoms with Crippen molar-refractivity contribution in [2.75, 3.05) is 0 Å². The smallest absolute Gasteiger partial charge is 0.234 e. The van der Waals surface area contributed by atoms with Gasteiger partial charge in [0.2, 0.25) is 5.91 Å². The molecular formula is C10H20N2O. The Hall–Kier alpha value is -0.570. The Bertz CT molecular complexity index is 196. The van der Waals surface area contributed by atoms with Crippen molar-refractivity contribution in [3.63, 3.8) is 0 Å². The Morgan fingerprint density at radius 2 is 2.08 bits per heavy atom. The minimum absolute atomic E-state index is 0.0904. The molecule has 1 rings (SSSR count). The van der Waals surface area contributed by atoms with Gasteiger partial charge >= 0.3 is 0 Å². The minimum atomic E-state index is -0.212. The van der Waals surface area contributed by atoms with Crippen LogP contribution in [0.3, 0.4) is 0 Å². The normalized spacial score (nSPS) is 29.2. The van der Waals surface area contributed by atoms with Crippen LogP contribution in [0, 0.1) is 5.41 Å². The monoisotopic (exact) mass is 184 g/mol. The Morgan fingerprint density at radius 1 is 1.46 bits per heavy atom. The summed E-state index contributed by atoms with van der Waals surface area (Å²) >= 11 is 0. The maximum absolute atomic E-state index is 10.9. The maximum atomic E-state index is 10.9. The second-order valence-corrected chi connectivity index (χ2v) is 5.16. The molecule has 0 spiro atoms. The molecule has 1 fully saturated rings. The molecule has 1 saturated heterocycles. The molecule has 0 aromatic carbocycles. The fourth-order valence-corrected chi connectivity index (χ4v) is 1.94. The SMILES string of the molecule is CC(C)(C)CC1CCC(C(N)=O)N1.